The third kappa shape index (κ3) is 3.01. The van der Waals surface area contributed by atoms with Crippen molar-refractivity contribution >= 4 is 17.5 Å². The summed E-state index contributed by atoms with van der Waals surface area (Å²) in [6.45, 7) is 4.69. The number of nitrogens with one attached hydrogen (secondary N) is 2. The van der Waals surface area contributed by atoms with Crippen molar-refractivity contribution in [3.63, 3.8) is 0 Å². The third-order valence-corrected chi connectivity index (χ3v) is 3.32. The van der Waals surface area contributed by atoms with E-state index in [0.717, 1.165) is 32.5 Å². The van der Waals surface area contributed by atoms with E-state index in [1.54, 1.807) is 12.3 Å². The number of nitrogens with zero attached hydrogens (tertiary/aromatic N) is 1. The number of aromatic nitrogens is 1. The van der Waals surface area contributed by atoms with Crippen molar-refractivity contribution in [1.82, 2.24) is 15.2 Å². The van der Waals surface area contributed by atoms with Gasteiger partial charge in [0, 0.05) is 18.8 Å². The Hall–Kier alpha value is -1.00. The maximum absolute atomic E-state index is 12.1. The fourth-order valence-corrected chi connectivity index (χ4v) is 2.37. The molecule has 2 heterocycles. The molecule has 0 unspecified atom stereocenters. The van der Waals surface area contributed by atoms with Crippen LogP contribution in [0, 0.1) is 0 Å². The number of piperidine rings is 1. The van der Waals surface area contributed by atoms with Crippen LogP contribution in [-0.2, 0) is 6.54 Å². The Balaban J connectivity index is 2.02. The average Bonchev–Trinajstić information content (AvgIpc) is 2.72. The standard InChI is InChI=1S/C12H18ClN3O/c1-2-16-8-9(13)7-11(16)12(17)15-10-3-5-14-6-4-10/h7-8,10,14H,2-6H2,1H3,(H,15,17). The molecule has 2 rings (SSSR count). The van der Waals surface area contributed by atoms with Crippen molar-refractivity contribution in [3.05, 3.63) is 23.0 Å². The highest BCUT2D eigenvalue weighted by atomic mass is 35.5. The van der Waals surface area contributed by atoms with Crippen LogP contribution < -0.4 is 10.6 Å². The van der Waals surface area contributed by atoms with E-state index in [-0.39, 0.29) is 11.9 Å². The zero-order valence-corrected chi connectivity index (χ0v) is 10.8. The summed E-state index contributed by atoms with van der Waals surface area (Å²) in [6.07, 6.45) is 3.78. The Bertz CT molecular complexity index is 396. The molecule has 1 saturated heterocycles. The number of rotatable bonds is 3. The van der Waals surface area contributed by atoms with Gasteiger partial charge < -0.3 is 15.2 Å². The number of hydrogen-bond donors (Lipinski definition) is 2. The summed E-state index contributed by atoms with van der Waals surface area (Å²) < 4.78 is 1.87. The van der Waals surface area contributed by atoms with Gasteiger partial charge in [-0.2, -0.15) is 0 Å². The second kappa shape index (κ2) is 5.56. The van der Waals surface area contributed by atoms with E-state index >= 15 is 0 Å². The van der Waals surface area contributed by atoms with Crippen LogP contribution in [-0.4, -0.2) is 29.6 Å². The van der Waals surface area contributed by atoms with Gasteiger partial charge in [0.15, 0.2) is 0 Å². The molecule has 1 aliphatic heterocycles. The van der Waals surface area contributed by atoms with Crippen molar-refractivity contribution < 1.29 is 4.79 Å². The molecule has 0 spiro atoms. The number of hydrogen-bond acceptors (Lipinski definition) is 2. The molecule has 2 N–H and O–H groups in total. The van der Waals surface area contributed by atoms with Crippen LogP contribution in [0.2, 0.25) is 5.02 Å². The molecule has 0 bridgehead atoms. The van der Waals surface area contributed by atoms with Crippen molar-refractivity contribution in [1.29, 1.82) is 0 Å². The van der Waals surface area contributed by atoms with E-state index in [2.05, 4.69) is 10.6 Å². The molecule has 1 aliphatic rings. The molecule has 17 heavy (non-hydrogen) atoms. The van der Waals surface area contributed by atoms with E-state index in [1.807, 2.05) is 11.5 Å². The van der Waals surface area contributed by atoms with Gasteiger partial charge in [0.05, 0.1) is 5.02 Å². The lowest BCUT2D eigenvalue weighted by atomic mass is 10.1. The molecule has 0 aromatic carbocycles. The Morgan fingerprint density at radius 2 is 2.29 bits per heavy atom. The fraction of sp³-hybridized carbons (Fsp3) is 0.583. The van der Waals surface area contributed by atoms with Crippen LogP contribution in [0.25, 0.3) is 0 Å². The van der Waals surface area contributed by atoms with Crippen LogP contribution in [0.3, 0.4) is 0 Å². The number of aryl methyl sites for hydroxylation is 1. The van der Waals surface area contributed by atoms with E-state index < -0.39 is 0 Å². The molecule has 0 saturated carbocycles. The molecular weight excluding hydrogens is 238 g/mol. The average molecular weight is 256 g/mol. The smallest absolute Gasteiger partial charge is 0.268 e. The van der Waals surface area contributed by atoms with Crippen LogP contribution in [0.1, 0.15) is 30.3 Å². The fourth-order valence-electron chi connectivity index (χ4n) is 2.15. The molecule has 0 aliphatic carbocycles. The van der Waals surface area contributed by atoms with Crippen molar-refractivity contribution in [2.75, 3.05) is 13.1 Å². The first-order valence-electron chi connectivity index (χ1n) is 6.08. The summed E-state index contributed by atoms with van der Waals surface area (Å²) in [5.74, 6) is -0.0225. The second-order valence-electron chi connectivity index (χ2n) is 4.33. The first kappa shape index (κ1) is 12.5. The summed E-state index contributed by atoms with van der Waals surface area (Å²) in [6, 6.07) is 2.00. The maximum Gasteiger partial charge on any atom is 0.268 e. The molecule has 1 aromatic heterocycles. The number of carbonyl (C=O) groups excluding carboxylic acids is 1. The molecule has 5 heteroatoms. The topological polar surface area (TPSA) is 46.1 Å². The number of halogens is 1. The molecule has 1 fully saturated rings. The highest BCUT2D eigenvalue weighted by molar-refractivity contribution is 6.31. The number of carbonyl (C=O) groups is 1. The summed E-state index contributed by atoms with van der Waals surface area (Å²) in [4.78, 5) is 12.1. The first-order chi connectivity index (χ1) is 8.20. The minimum Gasteiger partial charge on any atom is -0.348 e. The van der Waals surface area contributed by atoms with Crippen LogP contribution >= 0.6 is 11.6 Å². The maximum atomic E-state index is 12.1. The van der Waals surface area contributed by atoms with E-state index in [0.29, 0.717) is 10.7 Å². The van der Waals surface area contributed by atoms with Gasteiger partial charge in [-0.25, -0.2) is 0 Å². The molecule has 1 aromatic rings. The number of amides is 1. The zero-order valence-electron chi connectivity index (χ0n) is 10.0. The van der Waals surface area contributed by atoms with Gasteiger partial charge >= 0.3 is 0 Å². The molecular formula is C12H18ClN3O. The molecule has 94 valence electrons. The van der Waals surface area contributed by atoms with Gasteiger partial charge in [0.2, 0.25) is 0 Å². The quantitative estimate of drug-likeness (QED) is 0.863. The van der Waals surface area contributed by atoms with Crippen LogP contribution in [0.4, 0.5) is 0 Å². The predicted molar refractivity (Wildman–Crippen MR) is 68.5 cm³/mol. The largest absolute Gasteiger partial charge is 0.348 e. The van der Waals surface area contributed by atoms with E-state index in [1.165, 1.54) is 0 Å². The summed E-state index contributed by atoms with van der Waals surface area (Å²) in [5, 5.41) is 6.95. The van der Waals surface area contributed by atoms with Gasteiger partial charge in [-0.15, -0.1) is 0 Å². The van der Waals surface area contributed by atoms with Crippen molar-refractivity contribution in [3.8, 4) is 0 Å². The summed E-state index contributed by atoms with van der Waals surface area (Å²) in [7, 11) is 0. The Kier molecular flexibility index (Phi) is 4.07. The third-order valence-electron chi connectivity index (χ3n) is 3.11. The Labute approximate surface area is 106 Å². The lowest BCUT2D eigenvalue weighted by Gasteiger charge is -2.23. The molecule has 4 nitrogen and oxygen atoms in total. The first-order valence-corrected chi connectivity index (χ1v) is 6.45. The highest BCUT2D eigenvalue weighted by Crippen LogP contribution is 2.14. The lowest BCUT2D eigenvalue weighted by Crippen LogP contribution is -2.43. The second-order valence-corrected chi connectivity index (χ2v) is 4.76. The SMILES string of the molecule is CCn1cc(Cl)cc1C(=O)NC1CCNCC1. The van der Waals surface area contributed by atoms with Gasteiger partial charge in [0.1, 0.15) is 5.69 Å². The van der Waals surface area contributed by atoms with Crippen LogP contribution in [0.15, 0.2) is 12.3 Å². The van der Waals surface area contributed by atoms with E-state index in [4.69, 9.17) is 11.6 Å². The van der Waals surface area contributed by atoms with Gasteiger partial charge in [0.25, 0.3) is 5.91 Å². The van der Waals surface area contributed by atoms with Gasteiger partial charge in [-0.05, 0) is 38.9 Å². The highest BCUT2D eigenvalue weighted by Gasteiger charge is 2.18. The normalized spacial score (nSPS) is 17.1. The molecule has 0 radical (unpaired) electrons. The van der Waals surface area contributed by atoms with Gasteiger partial charge in [-0.3, -0.25) is 4.79 Å². The Morgan fingerprint density at radius 1 is 1.59 bits per heavy atom. The van der Waals surface area contributed by atoms with Gasteiger partial charge in [-0.1, -0.05) is 11.6 Å². The molecule has 1 amide bonds. The predicted octanol–water partition coefficient (Wildman–Crippen LogP) is 1.64. The van der Waals surface area contributed by atoms with Crippen LogP contribution in [0.5, 0.6) is 0 Å². The summed E-state index contributed by atoms with van der Waals surface area (Å²) >= 11 is 5.92. The minimum absolute atomic E-state index is 0.0225. The van der Waals surface area contributed by atoms with E-state index in [9.17, 15) is 4.79 Å². The Morgan fingerprint density at radius 3 is 2.94 bits per heavy atom. The molecule has 0 atom stereocenters. The monoisotopic (exact) mass is 255 g/mol. The zero-order chi connectivity index (χ0) is 12.3. The minimum atomic E-state index is -0.0225. The lowest BCUT2D eigenvalue weighted by molar-refractivity contribution is 0.0920. The van der Waals surface area contributed by atoms with Crippen molar-refractivity contribution in [2.24, 2.45) is 0 Å². The van der Waals surface area contributed by atoms with Crippen molar-refractivity contribution in [2.45, 2.75) is 32.4 Å². The summed E-state index contributed by atoms with van der Waals surface area (Å²) in [5.41, 5.74) is 0.649.